The SMILES string of the molecule is CCNCCC(O)(c1ccccc1)c1cc(OC)cc(OC)c1. The summed E-state index contributed by atoms with van der Waals surface area (Å²) in [5.41, 5.74) is 0.511. The van der Waals surface area contributed by atoms with Crippen LogP contribution in [0.2, 0.25) is 0 Å². The first-order valence-corrected chi connectivity index (χ1v) is 7.86. The van der Waals surface area contributed by atoms with E-state index in [1.165, 1.54) is 0 Å². The molecule has 0 bridgehead atoms. The number of nitrogens with one attached hydrogen (secondary N) is 1. The fourth-order valence-corrected chi connectivity index (χ4v) is 2.66. The van der Waals surface area contributed by atoms with Gasteiger partial charge in [0.15, 0.2) is 0 Å². The van der Waals surface area contributed by atoms with Crippen molar-refractivity contribution >= 4 is 0 Å². The zero-order valence-electron chi connectivity index (χ0n) is 14.0. The van der Waals surface area contributed by atoms with Gasteiger partial charge in [0.05, 0.1) is 14.2 Å². The predicted molar refractivity (Wildman–Crippen MR) is 92.1 cm³/mol. The van der Waals surface area contributed by atoms with Gasteiger partial charge in [-0.2, -0.15) is 0 Å². The fraction of sp³-hybridized carbons (Fsp3) is 0.368. The normalized spacial score (nSPS) is 13.4. The maximum Gasteiger partial charge on any atom is 0.122 e. The Balaban J connectivity index is 2.48. The third-order valence-corrected chi connectivity index (χ3v) is 3.99. The fourth-order valence-electron chi connectivity index (χ4n) is 2.66. The molecule has 23 heavy (non-hydrogen) atoms. The Morgan fingerprint density at radius 3 is 2.09 bits per heavy atom. The molecule has 0 saturated heterocycles. The molecule has 0 aliphatic carbocycles. The summed E-state index contributed by atoms with van der Waals surface area (Å²) in [6.07, 6.45) is 0.557. The Labute approximate surface area is 138 Å². The number of ether oxygens (including phenoxy) is 2. The summed E-state index contributed by atoms with van der Waals surface area (Å²) in [7, 11) is 3.22. The summed E-state index contributed by atoms with van der Waals surface area (Å²) in [5.74, 6) is 1.33. The minimum absolute atomic E-state index is 0.557. The van der Waals surface area contributed by atoms with E-state index in [0.29, 0.717) is 24.5 Å². The molecule has 0 radical (unpaired) electrons. The van der Waals surface area contributed by atoms with E-state index in [1.54, 1.807) is 20.3 Å². The number of benzene rings is 2. The van der Waals surface area contributed by atoms with Crippen molar-refractivity contribution in [2.24, 2.45) is 0 Å². The highest BCUT2D eigenvalue weighted by Gasteiger charge is 2.32. The second kappa shape index (κ2) is 7.99. The summed E-state index contributed by atoms with van der Waals surface area (Å²) >= 11 is 0. The number of rotatable bonds is 8. The monoisotopic (exact) mass is 315 g/mol. The molecule has 0 saturated carbocycles. The molecule has 2 N–H and O–H groups in total. The van der Waals surface area contributed by atoms with Crippen molar-refractivity contribution in [3.63, 3.8) is 0 Å². The van der Waals surface area contributed by atoms with E-state index in [1.807, 2.05) is 42.5 Å². The van der Waals surface area contributed by atoms with E-state index in [-0.39, 0.29) is 0 Å². The lowest BCUT2D eigenvalue weighted by molar-refractivity contribution is 0.0708. The van der Waals surface area contributed by atoms with Crippen LogP contribution in [0.4, 0.5) is 0 Å². The van der Waals surface area contributed by atoms with Crippen molar-refractivity contribution in [2.45, 2.75) is 18.9 Å². The average molecular weight is 315 g/mol. The summed E-state index contributed by atoms with van der Waals surface area (Å²) < 4.78 is 10.7. The molecule has 0 spiro atoms. The molecule has 0 aliphatic rings. The van der Waals surface area contributed by atoms with Crippen LogP contribution in [-0.4, -0.2) is 32.4 Å². The van der Waals surface area contributed by atoms with Crippen LogP contribution in [0.25, 0.3) is 0 Å². The van der Waals surface area contributed by atoms with Gasteiger partial charge < -0.3 is 19.9 Å². The molecular weight excluding hydrogens is 290 g/mol. The molecule has 4 nitrogen and oxygen atoms in total. The Bertz CT molecular complexity index is 593. The Morgan fingerprint density at radius 2 is 1.57 bits per heavy atom. The number of hydrogen-bond acceptors (Lipinski definition) is 4. The third-order valence-electron chi connectivity index (χ3n) is 3.99. The average Bonchev–Trinajstić information content (AvgIpc) is 2.62. The molecule has 0 aromatic heterocycles. The van der Waals surface area contributed by atoms with Gasteiger partial charge in [0.1, 0.15) is 17.1 Å². The van der Waals surface area contributed by atoms with Gasteiger partial charge in [-0.3, -0.25) is 0 Å². The maximum atomic E-state index is 11.5. The van der Waals surface area contributed by atoms with Crippen molar-refractivity contribution in [1.82, 2.24) is 5.32 Å². The second-order valence-corrected chi connectivity index (χ2v) is 5.43. The van der Waals surface area contributed by atoms with Crippen LogP contribution < -0.4 is 14.8 Å². The molecule has 2 rings (SSSR count). The minimum Gasteiger partial charge on any atom is -0.497 e. The van der Waals surface area contributed by atoms with Crippen molar-refractivity contribution in [3.05, 3.63) is 59.7 Å². The largest absolute Gasteiger partial charge is 0.497 e. The van der Waals surface area contributed by atoms with Gasteiger partial charge >= 0.3 is 0 Å². The van der Waals surface area contributed by atoms with Gasteiger partial charge in [0, 0.05) is 6.07 Å². The van der Waals surface area contributed by atoms with E-state index >= 15 is 0 Å². The van der Waals surface area contributed by atoms with Gasteiger partial charge in [0.25, 0.3) is 0 Å². The highest BCUT2D eigenvalue weighted by Crippen LogP contribution is 2.36. The number of hydrogen-bond donors (Lipinski definition) is 2. The third kappa shape index (κ3) is 4.03. The first-order chi connectivity index (χ1) is 11.1. The first kappa shape index (κ1) is 17.3. The predicted octanol–water partition coefficient (Wildman–Crippen LogP) is 2.94. The van der Waals surface area contributed by atoms with Gasteiger partial charge in [-0.25, -0.2) is 0 Å². The molecule has 2 aromatic rings. The molecule has 4 heteroatoms. The van der Waals surface area contributed by atoms with Crippen molar-refractivity contribution < 1.29 is 14.6 Å². The highest BCUT2D eigenvalue weighted by molar-refractivity contribution is 5.45. The zero-order valence-corrected chi connectivity index (χ0v) is 14.0. The molecule has 0 aliphatic heterocycles. The van der Waals surface area contributed by atoms with Gasteiger partial charge in [-0.05, 0) is 42.8 Å². The van der Waals surface area contributed by atoms with Crippen LogP contribution in [0.15, 0.2) is 48.5 Å². The lowest BCUT2D eigenvalue weighted by Gasteiger charge is -2.30. The standard InChI is InChI=1S/C19H25NO3/c1-4-20-11-10-19(21,15-8-6-5-7-9-15)16-12-17(22-2)14-18(13-16)23-3/h5-9,12-14,20-21H,4,10-11H2,1-3H3. The molecule has 1 atom stereocenters. The highest BCUT2D eigenvalue weighted by atomic mass is 16.5. The first-order valence-electron chi connectivity index (χ1n) is 7.86. The van der Waals surface area contributed by atoms with E-state index in [4.69, 9.17) is 9.47 Å². The van der Waals surface area contributed by atoms with Crippen LogP contribution in [0.5, 0.6) is 11.5 Å². The molecule has 1 unspecified atom stereocenters. The minimum atomic E-state index is -1.11. The van der Waals surface area contributed by atoms with Gasteiger partial charge in [0.2, 0.25) is 0 Å². The van der Waals surface area contributed by atoms with Crippen LogP contribution in [-0.2, 0) is 5.60 Å². The van der Waals surface area contributed by atoms with Crippen molar-refractivity contribution in [1.29, 1.82) is 0 Å². The second-order valence-electron chi connectivity index (χ2n) is 5.43. The van der Waals surface area contributed by atoms with Crippen molar-refractivity contribution in [2.75, 3.05) is 27.3 Å². The summed E-state index contributed by atoms with van der Waals surface area (Å²) in [6.45, 7) is 3.63. The van der Waals surface area contributed by atoms with E-state index < -0.39 is 5.60 Å². The lowest BCUT2D eigenvalue weighted by Crippen LogP contribution is -2.32. The molecule has 0 amide bonds. The summed E-state index contributed by atoms with van der Waals surface area (Å²) in [5, 5.41) is 14.7. The molecule has 0 fully saturated rings. The molecule has 2 aromatic carbocycles. The van der Waals surface area contributed by atoms with Crippen molar-refractivity contribution in [3.8, 4) is 11.5 Å². The summed E-state index contributed by atoms with van der Waals surface area (Å²) in [4.78, 5) is 0. The Kier molecular flexibility index (Phi) is 6.02. The van der Waals surface area contributed by atoms with E-state index in [0.717, 1.165) is 17.7 Å². The molecular formula is C19H25NO3. The molecule has 124 valence electrons. The van der Waals surface area contributed by atoms with Crippen LogP contribution >= 0.6 is 0 Å². The van der Waals surface area contributed by atoms with Crippen LogP contribution in [0.3, 0.4) is 0 Å². The Morgan fingerprint density at radius 1 is 0.957 bits per heavy atom. The van der Waals surface area contributed by atoms with Crippen LogP contribution in [0, 0.1) is 0 Å². The number of aliphatic hydroxyl groups is 1. The van der Waals surface area contributed by atoms with Gasteiger partial charge in [-0.15, -0.1) is 0 Å². The topological polar surface area (TPSA) is 50.7 Å². The summed E-state index contributed by atoms with van der Waals surface area (Å²) in [6, 6.07) is 15.2. The van der Waals surface area contributed by atoms with Crippen LogP contribution in [0.1, 0.15) is 24.5 Å². The Hall–Kier alpha value is -2.04. The quantitative estimate of drug-likeness (QED) is 0.736. The van der Waals surface area contributed by atoms with E-state index in [9.17, 15) is 5.11 Å². The van der Waals surface area contributed by atoms with E-state index in [2.05, 4.69) is 12.2 Å². The molecule has 0 heterocycles. The maximum absolute atomic E-state index is 11.5. The lowest BCUT2D eigenvalue weighted by atomic mass is 9.83. The smallest absolute Gasteiger partial charge is 0.122 e. The zero-order chi connectivity index (χ0) is 16.7. The number of methoxy groups -OCH3 is 2. The van der Waals surface area contributed by atoms with Gasteiger partial charge in [-0.1, -0.05) is 37.3 Å².